The number of aromatic hydroxyl groups is 1. The molecular weight excluding hydrogens is 608 g/mol. The van der Waals surface area contributed by atoms with Crippen LogP contribution in [0.2, 0.25) is 0 Å². The predicted molar refractivity (Wildman–Crippen MR) is 183 cm³/mol. The van der Waals surface area contributed by atoms with Crippen LogP contribution in [0.5, 0.6) is 17.2 Å². The third kappa shape index (κ3) is 4.69. The molecule has 2 bridgehead atoms. The molecule has 2 fully saturated rings. The number of fused-ring (bicyclic) bond motifs is 3. The van der Waals surface area contributed by atoms with E-state index >= 15 is 0 Å². The molecule has 2 N–H and O–H groups in total. The number of phenols is 1. The fraction of sp³-hybridized carbons (Fsp3) is 0.525. The standard InChI is InChI=1S/C40H48O8/c1-22(2)11-10-17-37(8)19-16-26-30(41)29-31(42)28-21-25-15-18-36(6,7)48-39(20-14-24(5)35(44)45)38(9,34(25)43)40(28,39)47-33(29)27(32(26)46-37)13-12-23(3)4/h11-12,14,16,19,21,25,41H,10,13,15,17-18,20H2,1-9H3,(H,44,45)/b24-14+/t25-,37+,38?,39-,40+/m0/s1. The first-order valence-electron chi connectivity index (χ1n) is 17.0. The molecule has 1 saturated carbocycles. The van der Waals surface area contributed by atoms with Crippen LogP contribution < -0.4 is 9.47 Å². The number of rotatable bonds is 8. The molecule has 3 heterocycles. The van der Waals surface area contributed by atoms with E-state index in [9.17, 15) is 24.6 Å². The van der Waals surface area contributed by atoms with Crippen molar-refractivity contribution >= 4 is 23.6 Å². The lowest BCUT2D eigenvalue weighted by Gasteiger charge is -2.39. The van der Waals surface area contributed by atoms with Crippen LogP contribution in [-0.2, 0) is 20.7 Å². The largest absolute Gasteiger partial charge is 0.506 e. The number of carboxylic acid groups (broad SMARTS) is 1. The lowest BCUT2D eigenvalue weighted by molar-refractivity contribution is -0.147. The van der Waals surface area contributed by atoms with E-state index in [4.69, 9.17) is 14.2 Å². The molecule has 3 aliphatic heterocycles. The quantitative estimate of drug-likeness (QED) is 0.213. The maximum absolute atomic E-state index is 14.9. The molecule has 1 spiro atoms. The topological polar surface area (TPSA) is 119 Å². The molecule has 8 nitrogen and oxygen atoms in total. The average molecular weight is 657 g/mol. The molecule has 1 aromatic carbocycles. The number of hydrogen-bond donors (Lipinski definition) is 2. The van der Waals surface area contributed by atoms with E-state index in [2.05, 4.69) is 19.9 Å². The molecule has 8 heteroatoms. The van der Waals surface area contributed by atoms with Crippen molar-refractivity contribution in [1.29, 1.82) is 0 Å². The Bertz CT molecular complexity index is 1790. The van der Waals surface area contributed by atoms with E-state index in [1.54, 1.807) is 19.1 Å². The van der Waals surface area contributed by atoms with E-state index in [0.29, 0.717) is 42.6 Å². The highest BCUT2D eigenvalue weighted by atomic mass is 16.6. The van der Waals surface area contributed by atoms with Gasteiger partial charge in [-0.2, -0.15) is 0 Å². The van der Waals surface area contributed by atoms with Gasteiger partial charge in [0.1, 0.15) is 39.4 Å². The second-order valence-electron chi connectivity index (χ2n) is 15.7. The first-order chi connectivity index (χ1) is 22.3. The second-order valence-corrected chi connectivity index (χ2v) is 15.7. The van der Waals surface area contributed by atoms with Gasteiger partial charge < -0.3 is 24.4 Å². The van der Waals surface area contributed by atoms with E-state index in [1.165, 1.54) is 12.5 Å². The predicted octanol–water partition coefficient (Wildman–Crippen LogP) is 8.02. The summed E-state index contributed by atoms with van der Waals surface area (Å²) in [6.07, 6.45) is 14.2. The summed E-state index contributed by atoms with van der Waals surface area (Å²) < 4.78 is 20.9. The first kappa shape index (κ1) is 34.0. The van der Waals surface area contributed by atoms with Crippen molar-refractivity contribution in [2.24, 2.45) is 11.3 Å². The van der Waals surface area contributed by atoms with Crippen molar-refractivity contribution in [3.8, 4) is 17.2 Å². The third-order valence-electron chi connectivity index (χ3n) is 11.2. The summed E-state index contributed by atoms with van der Waals surface area (Å²) in [6.45, 7) is 17.3. The van der Waals surface area contributed by atoms with Crippen molar-refractivity contribution < 1.29 is 38.8 Å². The fourth-order valence-corrected chi connectivity index (χ4v) is 8.46. The number of ketones is 2. The third-order valence-corrected chi connectivity index (χ3v) is 11.2. The van der Waals surface area contributed by atoms with Gasteiger partial charge >= 0.3 is 5.97 Å². The molecular formula is C40H48O8. The van der Waals surface area contributed by atoms with Gasteiger partial charge in [-0.15, -0.1) is 0 Å². The summed E-state index contributed by atoms with van der Waals surface area (Å²) in [5.74, 6) is -1.70. The maximum atomic E-state index is 14.9. The molecule has 256 valence electrons. The summed E-state index contributed by atoms with van der Waals surface area (Å²) in [4.78, 5) is 41.3. The molecule has 5 atom stereocenters. The zero-order chi connectivity index (χ0) is 35.2. The van der Waals surface area contributed by atoms with E-state index in [1.807, 2.05) is 52.8 Å². The molecule has 1 aromatic rings. The number of carboxylic acids is 1. The molecule has 2 aliphatic carbocycles. The van der Waals surface area contributed by atoms with Crippen LogP contribution in [0.3, 0.4) is 0 Å². The van der Waals surface area contributed by atoms with Crippen molar-refractivity contribution in [2.45, 2.75) is 123 Å². The number of ether oxygens (including phenoxy) is 3. The van der Waals surface area contributed by atoms with Gasteiger partial charge in [0.05, 0.1) is 11.2 Å². The van der Waals surface area contributed by atoms with E-state index < -0.39 is 45.5 Å². The van der Waals surface area contributed by atoms with Crippen molar-refractivity contribution in [3.63, 3.8) is 0 Å². The first-order valence-corrected chi connectivity index (χ1v) is 17.0. The molecule has 0 radical (unpaired) electrons. The molecule has 0 aromatic heterocycles. The molecule has 48 heavy (non-hydrogen) atoms. The summed E-state index contributed by atoms with van der Waals surface area (Å²) in [5, 5.41) is 21.6. The number of allylic oxidation sites excluding steroid dienone is 5. The van der Waals surface area contributed by atoms with Gasteiger partial charge in [0.2, 0.25) is 0 Å². The average Bonchev–Trinajstić information content (AvgIpc) is 3.42. The molecule has 6 rings (SSSR count). The van der Waals surface area contributed by atoms with Gasteiger partial charge in [0, 0.05) is 29.0 Å². The monoisotopic (exact) mass is 656 g/mol. The van der Waals surface area contributed by atoms with Crippen LogP contribution in [0.4, 0.5) is 0 Å². The Morgan fingerprint density at radius 3 is 2.31 bits per heavy atom. The fourth-order valence-electron chi connectivity index (χ4n) is 8.46. The van der Waals surface area contributed by atoms with Crippen LogP contribution in [-0.4, -0.2) is 50.2 Å². The Morgan fingerprint density at radius 2 is 1.67 bits per heavy atom. The molecule has 1 unspecified atom stereocenters. The van der Waals surface area contributed by atoms with Crippen LogP contribution in [0.1, 0.15) is 116 Å². The summed E-state index contributed by atoms with van der Waals surface area (Å²) in [5.41, 5.74) is -1.83. The summed E-state index contributed by atoms with van der Waals surface area (Å²) in [6, 6.07) is 0. The van der Waals surface area contributed by atoms with Gasteiger partial charge in [-0.3, -0.25) is 9.59 Å². The minimum atomic E-state index is -1.54. The zero-order valence-electron chi connectivity index (χ0n) is 29.6. The Hall–Kier alpha value is -3.91. The smallest absolute Gasteiger partial charge is 0.330 e. The van der Waals surface area contributed by atoms with Crippen LogP contribution in [0, 0.1) is 11.3 Å². The van der Waals surface area contributed by atoms with Gasteiger partial charge in [0.15, 0.2) is 17.2 Å². The lowest BCUT2D eigenvalue weighted by Crippen LogP contribution is -2.46. The number of benzene rings is 1. The van der Waals surface area contributed by atoms with Crippen LogP contribution >= 0.6 is 0 Å². The highest BCUT2D eigenvalue weighted by molar-refractivity contribution is 6.20. The molecule has 5 aliphatic rings. The summed E-state index contributed by atoms with van der Waals surface area (Å²) >= 11 is 0. The number of Topliss-reactive ketones (excluding diaryl/α,β-unsaturated/α-hetero) is 2. The highest BCUT2D eigenvalue weighted by Gasteiger charge is 2.96. The van der Waals surface area contributed by atoms with E-state index in [0.717, 1.165) is 12.0 Å². The Morgan fingerprint density at radius 1 is 0.979 bits per heavy atom. The number of hydrogen-bond acceptors (Lipinski definition) is 7. The maximum Gasteiger partial charge on any atom is 0.330 e. The second kappa shape index (κ2) is 11.1. The van der Waals surface area contributed by atoms with Crippen molar-refractivity contribution in [1.82, 2.24) is 0 Å². The van der Waals surface area contributed by atoms with Gasteiger partial charge in [-0.1, -0.05) is 35.5 Å². The lowest BCUT2D eigenvalue weighted by atomic mass is 9.73. The number of carbonyl (C=O) groups is 3. The Labute approximate surface area is 283 Å². The molecule has 0 amide bonds. The molecule has 1 saturated heterocycles. The Kier molecular flexibility index (Phi) is 7.83. The minimum absolute atomic E-state index is 0.0470. The van der Waals surface area contributed by atoms with Crippen LogP contribution in [0.25, 0.3) is 6.08 Å². The number of carbonyl (C=O) groups excluding carboxylic acids is 2. The van der Waals surface area contributed by atoms with Crippen LogP contribution in [0.15, 0.2) is 52.7 Å². The zero-order valence-corrected chi connectivity index (χ0v) is 29.6. The minimum Gasteiger partial charge on any atom is -0.506 e. The van der Waals surface area contributed by atoms with Gasteiger partial charge in [-0.25, -0.2) is 4.79 Å². The SMILES string of the molecule is CC(C)=CCC[C@]1(C)C=Cc2c(O)c3c(c(CC=C(C)C)c2O1)O[C@@]12C(=C[C@@H]4CCC(C)(C)O[C@@]1(C/C=C(\C)C(=O)O)C2(C)C4=O)C3=O. The summed E-state index contributed by atoms with van der Waals surface area (Å²) in [7, 11) is 0. The normalized spacial score (nSPS) is 32.2. The van der Waals surface area contributed by atoms with Gasteiger partial charge in [0.25, 0.3) is 0 Å². The van der Waals surface area contributed by atoms with E-state index in [-0.39, 0.29) is 40.4 Å². The number of aliphatic carboxylic acids is 1. The van der Waals surface area contributed by atoms with Gasteiger partial charge in [-0.05, 0) is 107 Å². The highest BCUT2D eigenvalue weighted by Crippen LogP contribution is 2.79. The van der Waals surface area contributed by atoms with Crippen molar-refractivity contribution in [2.75, 3.05) is 0 Å². The number of phenolic OH excluding ortho intramolecular Hbond substituents is 1. The Balaban J connectivity index is 1.60. The van der Waals surface area contributed by atoms with Crippen molar-refractivity contribution in [3.05, 3.63) is 69.4 Å².